The third-order valence-electron chi connectivity index (χ3n) is 3.44. The zero-order chi connectivity index (χ0) is 16.6. The van der Waals surface area contributed by atoms with Gasteiger partial charge in [-0.3, -0.25) is 9.82 Å². The van der Waals surface area contributed by atoms with Crippen molar-refractivity contribution >= 4 is 27.0 Å². The number of rotatable bonds is 4. The first kappa shape index (κ1) is 15.8. The highest BCUT2D eigenvalue weighted by atomic mass is 32.2. The van der Waals surface area contributed by atoms with Gasteiger partial charge >= 0.3 is 0 Å². The van der Waals surface area contributed by atoms with Crippen LogP contribution in [-0.4, -0.2) is 18.6 Å². The van der Waals surface area contributed by atoms with Crippen LogP contribution in [0.15, 0.2) is 40.6 Å². The van der Waals surface area contributed by atoms with Crippen molar-refractivity contribution in [3.63, 3.8) is 0 Å². The maximum atomic E-state index is 12.6. The van der Waals surface area contributed by atoms with Crippen molar-refractivity contribution in [1.29, 1.82) is 0 Å². The summed E-state index contributed by atoms with van der Waals surface area (Å²) in [5.41, 5.74) is 4.19. The number of H-pyrrole nitrogens is 1. The van der Waals surface area contributed by atoms with E-state index in [-0.39, 0.29) is 4.21 Å². The number of anilines is 1. The molecule has 1 aromatic carbocycles. The molecule has 3 rings (SSSR count). The maximum absolute atomic E-state index is 12.6. The number of aromatic nitrogens is 2. The Morgan fingerprint density at radius 3 is 2.57 bits per heavy atom. The molecule has 23 heavy (non-hydrogen) atoms. The van der Waals surface area contributed by atoms with Crippen LogP contribution in [0.25, 0.3) is 10.6 Å². The third-order valence-corrected chi connectivity index (χ3v) is 6.41. The van der Waals surface area contributed by atoms with Gasteiger partial charge in [-0.15, -0.1) is 11.3 Å². The Labute approximate surface area is 139 Å². The van der Waals surface area contributed by atoms with Gasteiger partial charge in [-0.05, 0) is 56.2 Å². The molecule has 7 heteroatoms. The normalized spacial score (nSPS) is 11.6. The molecule has 0 unspecified atom stereocenters. The van der Waals surface area contributed by atoms with Crippen molar-refractivity contribution in [1.82, 2.24) is 10.2 Å². The molecule has 120 valence electrons. The number of aryl methyl sites for hydroxylation is 3. The summed E-state index contributed by atoms with van der Waals surface area (Å²) in [5, 5.41) is 7.02. The van der Waals surface area contributed by atoms with E-state index in [4.69, 9.17) is 0 Å². The largest absolute Gasteiger partial charge is 0.282 e. The van der Waals surface area contributed by atoms with E-state index in [1.54, 1.807) is 12.1 Å². The second-order valence-electron chi connectivity index (χ2n) is 5.48. The zero-order valence-corrected chi connectivity index (χ0v) is 14.7. The number of benzene rings is 1. The molecule has 0 bridgehead atoms. The first-order valence-electron chi connectivity index (χ1n) is 7.07. The summed E-state index contributed by atoms with van der Waals surface area (Å²) in [6, 6.07) is 11.0. The van der Waals surface area contributed by atoms with Crippen LogP contribution in [-0.2, 0) is 10.0 Å². The number of nitrogens with one attached hydrogen (secondary N) is 2. The molecule has 0 fully saturated rings. The highest BCUT2D eigenvalue weighted by Gasteiger charge is 2.19. The summed E-state index contributed by atoms with van der Waals surface area (Å²) in [5.74, 6) is 0. The Morgan fingerprint density at radius 1 is 1.09 bits per heavy atom. The van der Waals surface area contributed by atoms with Crippen LogP contribution in [0.3, 0.4) is 0 Å². The molecular formula is C16H17N3O2S2. The lowest BCUT2D eigenvalue weighted by molar-refractivity contribution is 0.603. The molecule has 0 amide bonds. The molecule has 0 saturated heterocycles. The predicted octanol–water partition coefficient (Wildman–Crippen LogP) is 3.86. The first-order chi connectivity index (χ1) is 10.8. The molecule has 0 spiro atoms. The summed E-state index contributed by atoms with van der Waals surface area (Å²) in [4.78, 5) is 0.815. The summed E-state index contributed by atoms with van der Waals surface area (Å²) in [6.07, 6.45) is 0. The van der Waals surface area contributed by atoms with Crippen molar-refractivity contribution in [2.75, 3.05) is 4.72 Å². The van der Waals surface area contributed by atoms with E-state index in [9.17, 15) is 8.42 Å². The van der Waals surface area contributed by atoms with E-state index >= 15 is 0 Å². The quantitative estimate of drug-likeness (QED) is 0.752. The number of nitrogens with zero attached hydrogens (tertiary/aromatic N) is 1. The first-order valence-corrected chi connectivity index (χ1v) is 9.37. The second kappa shape index (κ2) is 5.82. The molecule has 0 atom stereocenters. The van der Waals surface area contributed by atoms with E-state index in [0.29, 0.717) is 5.69 Å². The minimum atomic E-state index is -3.60. The summed E-state index contributed by atoms with van der Waals surface area (Å²) in [6.45, 7) is 5.72. The van der Waals surface area contributed by atoms with Gasteiger partial charge in [0.2, 0.25) is 0 Å². The Morgan fingerprint density at radius 2 is 1.87 bits per heavy atom. The molecule has 2 N–H and O–H groups in total. The summed E-state index contributed by atoms with van der Waals surface area (Å²) >= 11 is 1.20. The number of aromatic amines is 1. The smallest absolute Gasteiger partial charge is 0.271 e. The van der Waals surface area contributed by atoms with Crippen molar-refractivity contribution in [2.24, 2.45) is 0 Å². The van der Waals surface area contributed by atoms with Gasteiger partial charge < -0.3 is 0 Å². The van der Waals surface area contributed by atoms with Gasteiger partial charge in [0.15, 0.2) is 0 Å². The molecule has 2 aromatic heterocycles. The van der Waals surface area contributed by atoms with Gasteiger partial charge in [0.1, 0.15) is 9.90 Å². The molecule has 2 heterocycles. The molecule has 0 aliphatic heterocycles. The fourth-order valence-corrected chi connectivity index (χ4v) is 4.58. The van der Waals surface area contributed by atoms with Crippen LogP contribution in [0.1, 0.15) is 16.8 Å². The van der Waals surface area contributed by atoms with Crippen LogP contribution >= 0.6 is 11.3 Å². The number of sulfonamides is 1. The molecular weight excluding hydrogens is 330 g/mol. The Balaban J connectivity index is 1.91. The number of thiophene rings is 1. The third kappa shape index (κ3) is 3.30. The lowest BCUT2D eigenvalue weighted by Crippen LogP contribution is -2.12. The van der Waals surface area contributed by atoms with Gasteiger partial charge in [0.25, 0.3) is 10.0 Å². The van der Waals surface area contributed by atoms with Gasteiger partial charge in [-0.25, -0.2) is 8.42 Å². The minimum Gasteiger partial charge on any atom is -0.282 e. The van der Waals surface area contributed by atoms with E-state index in [0.717, 1.165) is 27.4 Å². The van der Waals surface area contributed by atoms with Crippen molar-refractivity contribution < 1.29 is 8.42 Å². The predicted molar refractivity (Wildman–Crippen MR) is 93.4 cm³/mol. The maximum Gasteiger partial charge on any atom is 0.271 e. The highest BCUT2D eigenvalue weighted by molar-refractivity contribution is 7.94. The molecule has 3 aromatic rings. The molecule has 0 aliphatic rings. The average molecular weight is 347 g/mol. The summed E-state index contributed by atoms with van der Waals surface area (Å²) < 4.78 is 28.1. The fourth-order valence-electron chi connectivity index (χ4n) is 2.19. The van der Waals surface area contributed by atoms with Crippen LogP contribution < -0.4 is 4.72 Å². The second-order valence-corrected chi connectivity index (χ2v) is 8.47. The number of hydrogen-bond acceptors (Lipinski definition) is 4. The molecule has 0 radical (unpaired) electrons. The monoisotopic (exact) mass is 347 g/mol. The van der Waals surface area contributed by atoms with Crippen molar-refractivity contribution in [3.8, 4) is 10.6 Å². The lowest BCUT2D eigenvalue weighted by atomic mass is 10.1. The Kier molecular flexibility index (Phi) is 3.99. The fraction of sp³-hybridized carbons (Fsp3) is 0.188. The van der Waals surface area contributed by atoms with Crippen LogP contribution in [0, 0.1) is 20.8 Å². The number of hydrogen-bond donors (Lipinski definition) is 2. The molecule has 0 aliphatic carbocycles. The minimum absolute atomic E-state index is 0.272. The average Bonchev–Trinajstić information content (AvgIpc) is 3.11. The van der Waals surface area contributed by atoms with Gasteiger partial charge in [-0.1, -0.05) is 12.1 Å². The zero-order valence-electron chi connectivity index (χ0n) is 13.0. The van der Waals surface area contributed by atoms with E-state index < -0.39 is 10.0 Å². The van der Waals surface area contributed by atoms with Crippen LogP contribution in [0.2, 0.25) is 0 Å². The highest BCUT2D eigenvalue weighted by Crippen LogP contribution is 2.31. The molecule has 5 nitrogen and oxygen atoms in total. The van der Waals surface area contributed by atoms with Gasteiger partial charge in [0, 0.05) is 5.69 Å². The van der Waals surface area contributed by atoms with Crippen LogP contribution in [0.5, 0.6) is 0 Å². The van der Waals surface area contributed by atoms with E-state index in [1.807, 2.05) is 45.0 Å². The van der Waals surface area contributed by atoms with E-state index in [2.05, 4.69) is 14.9 Å². The molecule has 0 saturated carbocycles. The Bertz CT molecular complexity index is 955. The van der Waals surface area contributed by atoms with Gasteiger partial charge in [0.05, 0.1) is 10.6 Å². The SMILES string of the molecule is Cc1ccc(C)c(NS(=O)(=O)c2ccc(-c3cc(C)[nH]n3)s2)c1. The van der Waals surface area contributed by atoms with Crippen LogP contribution in [0.4, 0.5) is 5.69 Å². The van der Waals surface area contributed by atoms with Gasteiger partial charge in [-0.2, -0.15) is 5.10 Å². The lowest BCUT2D eigenvalue weighted by Gasteiger charge is -2.10. The Hall–Kier alpha value is -2.12. The summed E-state index contributed by atoms with van der Waals surface area (Å²) in [7, 11) is -3.60. The standard InChI is InChI=1S/C16H17N3O2S2/c1-10-4-5-11(2)13(8-10)19-23(20,21)16-7-6-15(22-16)14-9-12(3)17-18-14/h4-9,19H,1-3H3,(H,17,18). The van der Waals surface area contributed by atoms with Crippen molar-refractivity contribution in [2.45, 2.75) is 25.0 Å². The topological polar surface area (TPSA) is 74.8 Å². The van der Waals surface area contributed by atoms with E-state index in [1.165, 1.54) is 11.3 Å². The van der Waals surface area contributed by atoms with Crippen molar-refractivity contribution in [3.05, 3.63) is 53.2 Å².